The van der Waals surface area contributed by atoms with Gasteiger partial charge in [-0.2, -0.15) is 0 Å². The number of benzene rings is 2. The summed E-state index contributed by atoms with van der Waals surface area (Å²) in [4.78, 5) is 16.8. The monoisotopic (exact) mass is 338 g/mol. The first-order valence-corrected chi connectivity index (χ1v) is 8.20. The molecular weight excluding hydrogens is 324 g/mol. The van der Waals surface area contributed by atoms with Gasteiger partial charge in [0, 0.05) is 5.39 Å². The SMILES string of the molecule is COc1ccc2nc(NC(=O)c3cc4cc(C)ccc4o3)sc2c1. The number of carbonyl (C=O) groups excluding carboxylic acids is 1. The number of ether oxygens (including phenoxy) is 1. The highest BCUT2D eigenvalue weighted by Crippen LogP contribution is 2.30. The molecule has 0 atom stereocenters. The number of amides is 1. The van der Waals surface area contributed by atoms with Crippen LogP contribution in [0.2, 0.25) is 0 Å². The number of thiazole rings is 1. The normalized spacial score (nSPS) is 11.1. The Labute approximate surface area is 141 Å². The fourth-order valence-corrected chi connectivity index (χ4v) is 3.41. The molecule has 0 unspecified atom stereocenters. The van der Waals surface area contributed by atoms with Gasteiger partial charge in [0.15, 0.2) is 10.9 Å². The number of methoxy groups -OCH3 is 1. The molecule has 0 aliphatic rings. The molecule has 0 saturated carbocycles. The smallest absolute Gasteiger partial charge is 0.293 e. The van der Waals surface area contributed by atoms with Crippen LogP contribution in [0.3, 0.4) is 0 Å². The van der Waals surface area contributed by atoms with E-state index in [0.717, 1.165) is 26.9 Å². The van der Waals surface area contributed by atoms with E-state index in [2.05, 4.69) is 10.3 Å². The van der Waals surface area contributed by atoms with Crippen molar-refractivity contribution in [3.8, 4) is 5.75 Å². The minimum Gasteiger partial charge on any atom is -0.497 e. The Bertz CT molecular complexity index is 1060. The summed E-state index contributed by atoms with van der Waals surface area (Å²) in [5.74, 6) is 0.721. The predicted octanol–water partition coefficient (Wildman–Crippen LogP) is 4.61. The van der Waals surface area contributed by atoms with E-state index in [4.69, 9.17) is 9.15 Å². The fraction of sp³-hybridized carbons (Fsp3) is 0.111. The molecule has 6 heteroatoms. The van der Waals surface area contributed by atoms with Gasteiger partial charge in [-0.1, -0.05) is 23.0 Å². The Morgan fingerprint density at radius 3 is 2.92 bits per heavy atom. The Morgan fingerprint density at radius 1 is 1.21 bits per heavy atom. The van der Waals surface area contributed by atoms with Crippen LogP contribution < -0.4 is 10.1 Å². The zero-order chi connectivity index (χ0) is 16.7. The van der Waals surface area contributed by atoms with E-state index in [1.54, 1.807) is 13.2 Å². The summed E-state index contributed by atoms with van der Waals surface area (Å²) >= 11 is 1.39. The summed E-state index contributed by atoms with van der Waals surface area (Å²) in [5, 5.41) is 4.23. The van der Waals surface area contributed by atoms with E-state index in [1.165, 1.54) is 11.3 Å². The van der Waals surface area contributed by atoms with Crippen molar-refractivity contribution in [3.05, 3.63) is 53.8 Å². The first-order valence-electron chi connectivity index (χ1n) is 7.38. The Morgan fingerprint density at radius 2 is 2.08 bits per heavy atom. The summed E-state index contributed by atoms with van der Waals surface area (Å²) in [6.45, 7) is 2.00. The lowest BCUT2D eigenvalue weighted by Crippen LogP contribution is -2.10. The van der Waals surface area contributed by atoms with Crippen molar-refractivity contribution in [2.75, 3.05) is 12.4 Å². The van der Waals surface area contributed by atoms with Crippen LogP contribution in [-0.2, 0) is 0 Å². The zero-order valence-corrected chi connectivity index (χ0v) is 13.9. The third-order valence-corrected chi connectivity index (χ3v) is 4.65. The molecule has 0 radical (unpaired) electrons. The maximum absolute atomic E-state index is 12.4. The van der Waals surface area contributed by atoms with Crippen molar-refractivity contribution in [2.24, 2.45) is 0 Å². The number of anilines is 1. The van der Waals surface area contributed by atoms with Crippen molar-refractivity contribution < 1.29 is 13.9 Å². The van der Waals surface area contributed by atoms with Gasteiger partial charge in [-0.05, 0) is 43.3 Å². The highest BCUT2D eigenvalue weighted by Gasteiger charge is 2.15. The molecule has 1 N–H and O–H groups in total. The van der Waals surface area contributed by atoms with Crippen LogP contribution in [0.1, 0.15) is 16.1 Å². The molecule has 0 aliphatic carbocycles. The molecule has 1 amide bonds. The van der Waals surface area contributed by atoms with E-state index in [9.17, 15) is 4.79 Å². The van der Waals surface area contributed by atoms with E-state index in [0.29, 0.717) is 10.7 Å². The average molecular weight is 338 g/mol. The number of nitrogens with zero attached hydrogens (tertiary/aromatic N) is 1. The Hall–Kier alpha value is -2.86. The number of hydrogen-bond acceptors (Lipinski definition) is 5. The van der Waals surface area contributed by atoms with Crippen molar-refractivity contribution >= 4 is 43.6 Å². The maximum Gasteiger partial charge on any atom is 0.293 e. The largest absolute Gasteiger partial charge is 0.497 e. The molecule has 120 valence electrons. The van der Waals surface area contributed by atoms with Gasteiger partial charge >= 0.3 is 0 Å². The summed E-state index contributed by atoms with van der Waals surface area (Å²) in [7, 11) is 1.62. The van der Waals surface area contributed by atoms with Crippen molar-refractivity contribution in [1.29, 1.82) is 0 Å². The molecule has 0 spiro atoms. The molecule has 24 heavy (non-hydrogen) atoms. The van der Waals surface area contributed by atoms with Crippen LogP contribution in [0.15, 0.2) is 46.9 Å². The van der Waals surface area contributed by atoms with Crippen LogP contribution in [0, 0.1) is 6.92 Å². The van der Waals surface area contributed by atoms with Gasteiger partial charge < -0.3 is 9.15 Å². The van der Waals surface area contributed by atoms with E-state index in [-0.39, 0.29) is 11.7 Å². The standard InChI is InChI=1S/C18H14N2O3S/c1-10-3-6-14-11(7-10)8-15(23-14)17(21)20-18-19-13-5-4-12(22-2)9-16(13)24-18/h3-9H,1-2H3,(H,19,20,21). The molecule has 4 aromatic rings. The fourth-order valence-electron chi connectivity index (χ4n) is 2.52. The van der Waals surface area contributed by atoms with Gasteiger partial charge in [-0.15, -0.1) is 0 Å². The van der Waals surface area contributed by atoms with Crippen LogP contribution >= 0.6 is 11.3 Å². The van der Waals surface area contributed by atoms with Gasteiger partial charge in [0.1, 0.15) is 11.3 Å². The average Bonchev–Trinajstić information content (AvgIpc) is 3.16. The van der Waals surface area contributed by atoms with Gasteiger partial charge in [-0.25, -0.2) is 4.98 Å². The molecule has 2 aromatic heterocycles. The van der Waals surface area contributed by atoms with Gasteiger partial charge in [0.2, 0.25) is 0 Å². The lowest BCUT2D eigenvalue weighted by molar-refractivity contribution is 0.0998. The van der Waals surface area contributed by atoms with Gasteiger partial charge in [0.25, 0.3) is 5.91 Å². The molecule has 0 fully saturated rings. The molecule has 0 saturated heterocycles. The van der Waals surface area contributed by atoms with Crippen LogP contribution in [0.4, 0.5) is 5.13 Å². The molecule has 0 aliphatic heterocycles. The van der Waals surface area contributed by atoms with E-state index >= 15 is 0 Å². The highest BCUT2D eigenvalue weighted by molar-refractivity contribution is 7.22. The van der Waals surface area contributed by atoms with E-state index in [1.807, 2.05) is 43.3 Å². The lowest BCUT2D eigenvalue weighted by Gasteiger charge is -1.96. The maximum atomic E-state index is 12.4. The molecule has 5 nitrogen and oxygen atoms in total. The number of fused-ring (bicyclic) bond motifs is 2. The third kappa shape index (κ3) is 2.61. The van der Waals surface area contributed by atoms with Crippen LogP contribution in [-0.4, -0.2) is 18.0 Å². The predicted molar refractivity (Wildman–Crippen MR) is 95.1 cm³/mol. The van der Waals surface area contributed by atoms with E-state index < -0.39 is 0 Å². The minimum atomic E-state index is -0.310. The number of rotatable bonds is 3. The molecule has 0 bridgehead atoms. The summed E-state index contributed by atoms with van der Waals surface area (Å²) in [5.41, 5.74) is 2.63. The Balaban J connectivity index is 1.62. The minimum absolute atomic E-state index is 0.271. The summed E-state index contributed by atoms with van der Waals surface area (Å²) < 4.78 is 11.8. The quantitative estimate of drug-likeness (QED) is 0.592. The molecule has 4 rings (SSSR count). The van der Waals surface area contributed by atoms with Crippen molar-refractivity contribution in [1.82, 2.24) is 4.98 Å². The number of aromatic nitrogens is 1. The molecule has 2 heterocycles. The topological polar surface area (TPSA) is 64.4 Å². The second-order valence-corrected chi connectivity index (χ2v) is 6.49. The first-order chi connectivity index (χ1) is 11.6. The Kier molecular flexibility index (Phi) is 3.46. The number of nitrogens with one attached hydrogen (secondary N) is 1. The number of furan rings is 1. The summed E-state index contributed by atoms with van der Waals surface area (Å²) in [6, 6.07) is 13.2. The van der Waals surface area contributed by atoms with Crippen LogP contribution in [0.25, 0.3) is 21.2 Å². The third-order valence-electron chi connectivity index (χ3n) is 3.71. The van der Waals surface area contributed by atoms with Gasteiger partial charge in [0.05, 0.1) is 17.3 Å². The zero-order valence-electron chi connectivity index (χ0n) is 13.1. The lowest BCUT2D eigenvalue weighted by atomic mass is 10.2. The number of hydrogen-bond donors (Lipinski definition) is 1. The number of carbonyl (C=O) groups is 1. The first kappa shape index (κ1) is 14.7. The van der Waals surface area contributed by atoms with Crippen LogP contribution in [0.5, 0.6) is 5.75 Å². The second-order valence-electron chi connectivity index (χ2n) is 5.46. The molecule has 2 aromatic carbocycles. The second kappa shape index (κ2) is 5.65. The van der Waals surface area contributed by atoms with Crippen molar-refractivity contribution in [2.45, 2.75) is 6.92 Å². The molecular formula is C18H14N2O3S. The van der Waals surface area contributed by atoms with Crippen molar-refractivity contribution in [3.63, 3.8) is 0 Å². The number of aryl methyl sites for hydroxylation is 1. The van der Waals surface area contributed by atoms with Gasteiger partial charge in [-0.3, -0.25) is 10.1 Å². The summed E-state index contributed by atoms with van der Waals surface area (Å²) in [6.07, 6.45) is 0. The highest BCUT2D eigenvalue weighted by atomic mass is 32.1.